The van der Waals surface area contributed by atoms with Gasteiger partial charge in [-0.2, -0.15) is 0 Å². The van der Waals surface area contributed by atoms with E-state index >= 15 is 0 Å². The van der Waals surface area contributed by atoms with E-state index in [1.54, 1.807) is 41.3 Å². The minimum Gasteiger partial charge on any atom is -0.493 e. The smallest absolute Gasteiger partial charge is 0.213 e. The number of halogens is 1. The Hall–Kier alpha value is -1.27. The molecule has 0 aliphatic rings. The summed E-state index contributed by atoms with van der Waals surface area (Å²) in [5.74, 6) is 1.97. The first kappa shape index (κ1) is 24.7. The van der Waals surface area contributed by atoms with Crippen molar-refractivity contribution in [2.75, 3.05) is 52.5 Å². The lowest BCUT2D eigenvalue weighted by atomic mass is 10.2. The van der Waals surface area contributed by atoms with Crippen LogP contribution in [-0.2, 0) is 10.0 Å². The van der Waals surface area contributed by atoms with Gasteiger partial charge in [0.1, 0.15) is 0 Å². The van der Waals surface area contributed by atoms with Gasteiger partial charge in [0.2, 0.25) is 10.0 Å². The normalized spacial score (nSPS) is 11.7. The zero-order valence-corrected chi connectivity index (χ0v) is 19.1. The first-order valence-electron chi connectivity index (χ1n) is 8.01. The van der Waals surface area contributed by atoms with Crippen LogP contribution in [0.5, 0.6) is 11.5 Å². The Balaban J connectivity index is 0.00000625. The second-order valence-electron chi connectivity index (χ2n) is 5.27. The molecule has 1 aromatic rings. The van der Waals surface area contributed by atoms with Crippen molar-refractivity contribution in [3.8, 4) is 11.5 Å². The SMILES string of the molecule is CCS(=O)(=O)N(C)CCCNC(=NC)Nc1ccc(OC)c(OC)c1.I. The molecule has 0 bridgehead atoms. The second kappa shape index (κ2) is 12.2. The number of sulfonamides is 1. The maximum Gasteiger partial charge on any atom is 0.213 e. The van der Waals surface area contributed by atoms with E-state index in [0.717, 1.165) is 5.69 Å². The average molecular weight is 500 g/mol. The van der Waals surface area contributed by atoms with E-state index in [1.807, 2.05) is 12.1 Å². The summed E-state index contributed by atoms with van der Waals surface area (Å²) in [7, 11) is 3.29. The molecule has 0 saturated heterocycles. The molecule has 0 spiro atoms. The third-order valence-electron chi connectivity index (χ3n) is 3.65. The Morgan fingerprint density at radius 1 is 1.23 bits per heavy atom. The molecule has 0 heterocycles. The number of hydrogen-bond acceptors (Lipinski definition) is 5. The van der Waals surface area contributed by atoms with Gasteiger partial charge < -0.3 is 20.1 Å². The number of nitrogens with one attached hydrogen (secondary N) is 2. The molecule has 2 N–H and O–H groups in total. The molecule has 26 heavy (non-hydrogen) atoms. The zero-order valence-electron chi connectivity index (χ0n) is 15.9. The number of anilines is 1. The van der Waals surface area contributed by atoms with Gasteiger partial charge in [0.25, 0.3) is 0 Å². The average Bonchev–Trinajstić information content (AvgIpc) is 2.63. The van der Waals surface area contributed by atoms with Crippen molar-refractivity contribution in [2.45, 2.75) is 13.3 Å². The number of nitrogens with zero attached hydrogens (tertiary/aromatic N) is 2. The molecule has 0 aromatic heterocycles. The minimum atomic E-state index is -3.13. The lowest BCUT2D eigenvalue weighted by Crippen LogP contribution is -2.34. The van der Waals surface area contributed by atoms with E-state index < -0.39 is 10.0 Å². The first-order chi connectivity index (χ1) is 11.9. The fraction of sp³-hybridized carbons (Fsp3) is 0.562. The van der Waals surface area contributed by atoms with Crippen molar-refractivity contribution in [3.63, 3.8) is 0 Å². The predicted molar refractivity (Wildman–Crippen MR) is 117 cm³/mol. The van der Waals surface area contributed by atoms with E-state index in [0.29, 0.717) is 37.0 Å². The van der Waals surface area contributed by atoms with E-state index in [1.165, 1.54) is 4.31 Å². The van der Waals surface area contributed by atoms with E-state index in [4.69, 9.17) is 9.47 Å². The van der Waals surface area contributed by atoms with Crippen molar-refractivity contribution >= 4 is 45.6 Å². The number of methoxy groups -OCH3 is 2. The molecule has 0 fully saturated rings. The van der Waals surface area contributed by atoms with Gasteiger partial charge in [0.15, 0.2) is 17.5 Å². The van der Waals surface area contributed by atoms with Crippen LogP contribution in [0.15, 0.2) is 23.2 Å². The van der Waals surface area contributed by atoms with Crippen LogP contribution in [0.2, 0.25) is 0 Å². The van der Waals surface area contributed by atoms with Crippen molar-refractivity contribution < 1.29 is 17.9 Å². The molecule has 8 nitrogen and oxygen atoms in total. The Labute approximate surface area is 173 Å². The lowest BCUT2D eigenvalue weighted by molar-refractivity contribution is 0.355. The zero-order chi connectivity index (χ0) is 18.9. The number of ether oxygens (including phenoxy) is 2. The van der Waals surface area contributed by atoms with Gasteiger partial charge in [-0.05, 0) is 25.5 Å². The quantitative estimate of drug-likeness (QED) is 0.233. The van der Waals surface area contributed by atoms with Gasteiger partial charge in [0.05, 0.1) is 20.0 Å². The number of benzene rings is 1. The molecule has 1 rings (SSSR count). The third kappa shape index (κ3) is 7.54. The Morgan fingerprint density at radius 2 is 1.88 bits per heavy atom. The molecular weight excluding hydrogens is 471 g/mol. The van der Waals surface area contributed by atoms with Crippen LogP contribution < -0.4 is 20.1 Å². The van der Waals surface area contributed by atoms with Gasteiger partial charge in [0, 0.05) is 38.9 Å². The predicted octanol–water partition coefficient (Wildman–Crippen LogP) is 1.98. The fourth-order valence-corrected chi connectivity index (χ4v) is 2.95. The molecule has 0 amide bonds. The van der Waals surface area contributed by atoms with Gasteiger partial charge in [-0.3, -0.25) is 4.99 Å². The third-order valence-corrected chi connectivity index (χ3v) is 5.51. The first-order valence-corrected chi connectivity index (χ1v) is 9.62. The Kier molecular flexibility index (Phi) is 11.6. The summed E-state index contributed by atoms with van der Waals surface area (Å²) in [5.41, 5.74) is 0.802. The molecule has 10 heteroatoms. The van der Waals surface area contributed by atoms with Crippen molar-refractivity contribution in [1.82, 2.24) is 9.62 Å². The van der Waals surface area contributed by atoms with Crippen LogP contribution in [0, 0.1) is 0 Å². The van der Waals surface area contributed by atoms with Crippen molar-refractivity contribution in [1.29, 1.82) is 0 Å². The standard InChI is InChI=1S/C16H28N4O4S.HI/c1-6-25(21,22)20(3)11-7-10-18-16(17-2)19-13-8-9-14(23-4)15(12-13)24-5;/h8-9,12H,6-7,10-11H2,1-5H3,(H2,17,18,19);1H. The number of guanidine groups is 1. The summed E-state index contributed by atoms with van der Waals surface area (Å²) in [6.07, 6.45) is 0.669. The highest BCUT2D eigenvalue weighted by atomic mass is 127. The molecule has 0 saturated carbocycles. The summed E-state index contributed by atoms with van der Waals surface area (Å²) < 4.78 is 35.2. The van der Waals surface area contributed by atoms with Crippen LogP contribution in [0.1, 0.15) is 13.3 Å². The molecule has 0 aliphatic carbocycles. The van der Waals surface area contributed by atoms with Crippen LogP contribution >= 0.6 is 24.0 Å². The highest BCUT2D eigenvalue weighted by Gasteiger charge is 2.14. The molecular formula is C16H29IN4O4S. The topological polar surface area (TPSA) is 92.3 Å². The summed E-state index contributed by atoms with van der Waals surface area (Å²) in [4.78, 5) is 4.15. The maximum atomic E-state index is 11.7. The van der Waals surface area contributed by atoms with Crippen molar-refractivity contribution in [2.24, 2.45) is 4.99 Å². The fourth-order valence-electron chi connectivity index (χ4n) is 2.10. The Morgan fingerprint density at radius 3 is 2.42 bits per heavy atom. The van der Waals surface area contributed by atoms with E-state index in [2.05, 4.69) is 15.6 Å². The second-order valence-corrected chi connectivity index (χ2v) is 7.63. The minimum absolute atomic E-state index is 0. The number of rotatable bonds is 9. The summed E-state index contributed by atoms with van der Waals surface area (Å²) in [5, 5.41) is 6.31. The van der Waals surface area contributed by atoms with Crippen molar-refractivity contribution in [3.05, 3.63) is 18.2 Å². The van der Waals surface area contributed by atoms with Crippen LogP contribution in [0.25, 0.3) is 0 Å². The Bertz CT molecular complexity index is 683. The van der Waals surface area contributed by atoms with Crippen LogP contribution in [-0.4, -0.2) is 65.8 Å². The van der Waals surface area contributed by atoms with Gasteiger partial charge in [-0.15, -0.1) is 24.0 Å². The van der Waals surface area contributed by atoms with Crippen LogP contribution in [0.4, 0.5) is 5.69 Å². The number of aliphatic imine (C=N–C) groups is 1. The highest BCUT2D eigenvalue weighted by molar-refractivity contribution is 14.0. The van der Waals surface area contributed by atoms with Gasteiger partial charge in [-0.25, -0.2) is 12.7 Å². The summed E-state index contributed by atoms with van der Waals surface area (Å²) in [6, 6.07) is 5.47. The summed E-state index contributed by atoms with van der Waals surface area (Å²) in [6.45, 7) is 2.69. The molecule has 0 atom stereocenters. The molecule has 0 aliphatic heterocycles. The van der Waals surface area contributed by atoms with Gasteiger partial charge in [-0.1, -0.05) is 0 Å². The molecule has 0 unspecified atom stereocenters. The van der Waals surface area contributed by atoms with Gasteiger partial charge >= 0.3 is 0 Å². The lowest BCUT2D eigenvalue weighted by Gasteiger charge is -2.17. The largest absolute Gasteiger partial charge is 0.493 e. The summed E-state index contributed by atoms with van der Waals surface area (Å²) >= 11 is 0. The monoisotopic (exact) mass is 500 g/mol. The van der Waals surface area contributed by atoms with E-state index in [9.17, 15) is 8.42 Å². The van der Waals surface area contributed by atoms with E-state index in [-0.39, 0.29) is 29.7 Å². The molecule has 150 valence electrons. The molecule has 0 radical (unpaired) electrons. The van der Waals surface area contributed by atoms with Crippen LogP contribution in [0.3, 0.4) is 0 Å². The number of hydrogen-bond donors (Lipinski definition) is 2. The highest BCUT2D eigenvalue weighted by Crippen LogP contribution is 2.29. The maximum absolute atomic E-state index is 11.7. The molecule has 1 aromatic carbocycles.